The number of ether oxygens (including phenoxy) is 1. The van der Waals surface area contributed by atoms with Gasteiger partial charge in [-0.15, -0.1) is 0 Å². The summed E-state index contributed by atoms with van der Waals surface area (Å²) in [7, 11) is 0. The van der Waals surface area contributed by atoms with Crippen LogP contribution in [0.15, 0.2) is 18.2 Å². The number of nitrogens with zero attached hydrogens (tertiary/aromatic N) is 1. The third kappa shape index (κ3) is 4.11. The largest absolute Gasteiger partial charge is 0.484 e. The highest BCUT2D eigenvalue weighted by molar-refractivity contribution is 6.31. The number of aryl methyl sites for hydroxylation is 1. The monoisotopic (exact) mass is 310 g/mol. The van der Waals surface area contributed by atoms with Gasteiger partial charge in [-0.2, -0.15) is 0 Å². The molecule has 0 spiro atoms. The van der Waals surface area contributed by atoms with E-state index in [4.69, 9.17) is 22.1 Å². The summed E-state index contributed by atoms with van der Waals surface area (Å²) in [5.74, 6) is 0.671. The number of halogens is 1. The van der Waals surface area contributed by atoms with Crippen LogP contribution in [0.3, 0.4) is 0 Å². The van der Waals surface area contributed by atoms with Crippen molar-refractivity contribution >= 4 is 17.5 Å². The van der Waals surface area contributed by atoms with E-state index in [1.807, 2.05) is 24.8 Å². The molecule has 116 valence electrons. The summed E-state index contributed by atoms with van der Waals surface area (Å²) in [4.78, 5) is 14.2. The Morgan fingerprint density at radius 3 is 2.95 bits per heavy atom. The summed E-state index contributed by atoms with van der Waals surface area (Å²) < 4.78 is 5.59. The molecule has 2 unspecified atom stereocenters. The number of piperidine rings is 1. The van der Waals surface area contributed by atoms with Gasteiger partial charge in [-0.05, 0) is 56.9 Å². The first-order valence-corrected chi connectivity index (χ1v) is 7.81. The number of amides is 1. The van der Waals surface area contributed by atoms with Crippen LogP contribution in [0.2, 0.25) is 5.02 Å². The van der Waals surface area contributed by atoms with E-state index < -0.39 is 0 Å². The average Bonchev–Trinajstić information content (AvgIpc) is 2.48. The van der Waals surface area contributed by atoms with Crippen molar-refractivity contribution in [1.29, 1.82) is 0 Å². The van der Waals surface area contributed by atoms with Crippen molar-refractivity contribution in [3.63, 3.8) is 0 Å². The molecule has 1 amide bonds. The zero-order valence-electron chi connectivity index (χ0n) is 12.6. The molecule has 1 fully saturated rings. The van der Waals surface area contributed by atoms with Gasteiger partial charge < -0.3 is 15.4 Å². The molecule has 21 heavy (non-hydrogen) atoms. The van der Waals surface area contributed by atoms with E-state index in [1.165, 1.54) is 0 Å². The van der Waals surface area contributed by atoms with Crippen molar-refractivity contribution in [2.45, 2.75) is 45.2 Å². The highest BCUT2D eigenvalue weighted by atomic mass is 35.5. The van der Waals surface area contributed by atoms with Crippen molar-refractivity contribution in [1.82, 2.24) is 4.90 Å². The van der Waals surface area contributed by atoms with E-state index >= 15 is 0 Å². The van der Waals surface area contributed by atoms with Crippen LogP contribution in [-0.2, 0) is 4.79 Å². The van der Waals surface area contributed by atoms with Crippen LogP contribution in [0.4, 0.5) is 0 Å². The van der Waals surface area contributed by atoms with Gasteiger partial charge in [0.15, 0.2) is 6.61 Å². The summed E-state index contributed by atoms with van der Waals surface area (Å²) >= 11 is 5.97. The molecule has 5 heteroatoms. The van der Waals surface area contributed by atoms with Gasteiger partial charge in [-0.25, -0.2) is 0 Å². The van der Waals surface area contributed by atoms with E-state index in [0.29, 0.717) is 10.8 Å². The van der Waals surface area contributed by atoms with Crippen LogP contribution in [0.1, 0.15) is 31.7 Å². The molecule has 2 rings (SSSR count). The van der Waals surface area contributed by atoms with Crippen LogP contribution >= 0.6 is 11.6 Å². The first-order chi connectivity index (χ1) is 9.99. The molecule has 0 radical (unpaired) electrons. The Kier molecular flexibility index (Phi) is 5.48. The lowest BCUT2D eigenvalue weighted by Gasteiger charge is -2.38. The van der Waals surface area contributed by atoms with Gasteiger partial charge in [0.2, 0.25) is 0 Å². The first kappa shape index (κ1) is 16.1. The zero-order chi connectivity index (χ0) is 15.4. The van der Waals surface area contributed by atoms with Crippen molar-refractivity contribution < 1.29 is 9.53 Å². The van der Waals surface area contributed by atoms with Gasteiger partial charge in [0.1, 0.15) is 5.75 Å². The number of benzene rings is 1. The SMILES string of the molecule is Cc1cc(OCC(=O)N2CCCCC2C(C)N)ccc1Cl. The number of rotatable bonds is 4. The quantitative estimate of drug-likeness (QED) is 0.930. The second kappa shape index (κ2) is 7.14. The predicted molar refractivity (Wildman–Crippen MR) is 84.7 cm³/mol. The van der Waals surface area contributed by atoms with Crippen molar-refractivity contribution in [3.8, 4) is 5.75 Å². The summed E-state index contributed by atoms with van der Waals surface area (Å²) in [5.41, 5.74) is 6.93. The fraction of sp³-hybridized carbons (Fsp3) is 0.562. The van der Waals surface area contributed by atoms with E-state index in [0.717, 1.165) is 31.4 Å². The summed E-state index contributed by atoms with van der Waals surface area (Å²) in [6.45, 7) is 4.69. The fourth-order valence-corrected chi connectivity index (χ4v) is 2.87. The van der Waals surface area contributed by atoms with E-state index in [2.05, 4.69) is 0 Å². The Morgan fingerprint density at radius 2 is 2.29 bits per heavy atom. The topological polar surface area (TPSA) is 55.6 Å². The minimum Gasteiger partial charge on any atom is -0.484 e. The molecule has 1 aromatic carbocycles. The van der Waals surface area contributed by atoms with Gasteiger partial charge in [-0.1, -0.05) is 11.6 Å². The number of nitrogens with two attached hydrogens (primary N) is 1. The number of likely N-dealkylation sites (tertiary alicyclic amines) is 1. The van der Waals surface area contributed by atoms with Gasteiger partial charge in [-0.3, -0.25) is 4.79 Å². The van der Waals surface area contributed by atoms with E-state index in [-0.39, 0.29) is 24.6 Å². The van der Waals surface area contributed by atoms with Crippen LogP contribution < -0.4 is 10.5 Å². The standard InChI is InChI=1S/C16H23ClN2O2/c1-11-9-13(6-7-14(11)17)21-10-16(20)19-8-4-3-5-15(19)12(2)18/h6-7,9,12,15H,3-5,8,10,18H2,1-2H3. The Balaban J connectivity index is 1.95. The lowest BCUT2D eigenvalue weighted by atomic mass is 9.97. The molecule has 2 atom stereocenters. The van der Waals surface area contributed by atoms with Crippen molar-refractivity contribution in [2.75, 3.05) is 13.2 Å². The highest BCUT2D eigenvalue weighted by Crippen LogP contribution is 2.22. The van der Waals surface area contributed by atoms with Crippen molar-refractivity contribution in [2.24, 2.45) is 5.73 Å². The second-order valence-corrected chi connectivity index (χ2v) is 6.12. The van der Waals surface area contributed by atoms with Crippen molar-refractivity contribution in [3.05, 3.63) is 28.8 Å². The molecule has 0 aliphatic carbocycles. The Hall–Kier alpha value is -1.26. The Labute approximate surface area is 131 Å². The Bertz CT molecular complexity index is 505. The number of hydrogen-bond acceptors (Lipinski definition) is 3. The van der Waals surface area contributed by atoms with Crippen LogP contribution in [0.5, 0.6) is 5.75 Å². The predicted octanol–water partition coefficient (Wildman–Crippen LogP) is 2.76. The first-order valence-electron chi connectivity index (χ1n) is 7.43. The van der Waals surface area contributed by atoms with E-state index in [1.54, 1.807) is 12.1 Å². The molecule has 2 N–H and O–H groups in total. The Morgan fingerprint density at radius 1 is 1.52 bits per heavy atom. The maximum Gasteiger partial charge on any atom is 0.260 e. The molecule has 1 saturated heterocycles. The maximum atomic E-state index is 12.4. The third-order valence-electron chi connectivity index (χ3n) is 3.97. The number of carbonyl (C=O) groups is 1. The van der Waals surface area contributed by atoms with Gasteiger partial charge in [0.05, 0.1) is 0 Å². The normalized spacial score (nSPS) is 20.2. The lowest BCUT2D eigenvalue weighted by molar-refractivity contribution is -0.137. The minimum absolute atomic E-state index is 0.00426. The van der Waals surface area contributed by atoms with E-state index in [9.17, 15) is 4.79 Å². The van der Waals surface area contributed by atoms with Crippen LogP contribution in [0.25, 0.3) is 0 Å². The lowest BCUT2D eigenvalue weighted by Crippen LogP contribution is -2.52. The highest BCUT2D eigenvalue weighted by Gasteiger charge is 2.29. The molecule has 1 aromatic rings. The summed E-state index contributed by atoms with van der Waals surface area (Å²) in [5, 5.41) is 0.696. The fourth-order valence-electron chi connectivity index (χ4n) is 2.75. The zero-order valence-corrected chi connectivity index (χ0v) is 13.4. The molecule has 0 bridgehead atoms. The number of hydrogen-bond donors (Lipinski definition) is 1. The second-order valence-electron chi connectivity index (χ2n) is 5.71. The molecule has 1 aliphatic heterocycles. The van der Waals surface area contributed by atoms with Gasteiger partial charge in [0, 0.05) is 23.7 Å². The molecule has 0 aromatic heterocycles. The molecular weight excluding hydrogens is 288 g/mol. The maximum absolute atomic E-state index is 12.4. The number of carbonyl (C=O) groups excluding carboxylic acids is 1. The summed E-state index contributed by atoms with van der Waals surface area (Å²) in [6.07, 6.45) is 3.14. The minimum atomic E-state index is -0.00738. The average molecular weight is 311 g/mol. The van der Waals surface area contributed by atoms with Crippen LogP contribution in [-0.4, -0.2) is 36.0 Å². The third-order valence-corrected chi connectivity index (χ3v) is 4.39. The molecule has 4 nitrogen and oxygen atoms in total. The smallest absolute Gasteiger partial charge is 0.260 e. The van der Waals surface area contributed by atoms with Gasteiger partial charge in [0.25, 0.3) is 5.91 Å². The van der Waals surface area contributed by atoms with Gasteiger partial charge >= 0.3 is 0 Å². The molecule has 0 saturated carbocycles. The molecule has 1 heterocycles. The molecular formula is C16H23ClN2O2. The van der Waals surface area contributed by atoms with Crippen LogP contribution in [0, 0.1) is 6.92 Å². The summed E-state index contributed by atoms with van der Waals surface area (Å²) in [6, 6.07) is 5.52. The molecule has 1 aliphatic rings.